The SMILES string of the molecule is CCCc1cc(C(=O)N(C)Cc2cc(N(C)C)nc([C@H]3CCCNC3)n2)no1. The minimum absolute atomic E-state index is 0.169. The number of aromatic nitrogens is 3. The first-order valence-corrected chi connectivity index (χ1v) is 9.95. The summed E-state index contributed by atoms with van der Waals surface area (Å²) in [7, 11) is 5.69. The summed E-state index contributed by atoms with van der Waals surface area (Å²) < 4.78 is 5.24. The highest BCUT2D eigenvalue weighted by molar-refractivity contribution is 5.92. The molecule has 1 amide bonds. The Kier molecular flexibility index (Phi) is 6.61. The predicted molar refractivity (Wildman–Crippen MR) is 107 cm³/mol. The van der Waals surface area contributed by atoms with E-state index in [0.717, 1.165) is 61.9 Å². The molecule has 8 nitrogen and oxygen atoms in total. The van der Waals surface area contributed by atoms with Crippen LogP contribution < -0.4 is 10.2 Å². The molecule has 3 heterocycles. The van der Waals surface area contributed by atoms with Gasteiger partial charge in [0, 0.05) is 52.2 Å². The Bertz CT molecular complexity index is 798. The zero-order valence-electron chi connectivity index (χ0n) is 17.2. The van der Waals surface area contributed by atoms with E-state index in [9.17, 15) is 4.79 Å². The first-order valence-electron chi connectivity index (χ1n) is 9.95. The quantitative estimate of drug-likeness (QED) is 0.781. The van der Waals surface area contributed by atoms with E-state index in [1.807, 2.05) is 25.1 Å². The highest BCUT2D eigenvalue weighted by atomic mass is 16.5. The summed E-state index contributed by atoms with van der Waals surface area (Å²) >= 11 is 0. The number of anilines is 1. The highest BCUT2D eigenvalue weighted by Crippen LogP contribution is 2.23. The molecule has 1 aliphatic heterocycles. The first kappa shape index (κ1) is 20.3. The molecule has 28 heavy (non-hydrogen) atoms. The molecule has 8 heteroatoms. The van der Waals surface area contributed by atoms with Crippen LogP contribution in [0, 0.1) is 0 Å². The van der Waals surface area contributed by atoms with Crippen molar-refractivity contribution in [1.82, 2.24) is 25.3 Å². The topological polar surface area (TPSA) is 87.4 Å². The van der Waals surface area contributed by atoms with Crippen molar-refractivity contribution in [2.45, 2.75) is 45.1 Å². The van der Waals surface area contributed by atoms with Crippen LogP contribution in [0.15, 0.2) is 16.7 Å². The van der Waals surface area contributed by atoms with Gasteiger partial charge in [-0.05, 0) is 25.8 Å². The Morgan fingerprint density at radius 2 is 2.11 bits per heavy atom. The summed E-state index contributed by atoms with van der Waals surface area (Å²) in [5.41, 5.74) is 1.16. The van der Waals surface area contributed by atoms with E-state index in [2.05, 4.69) is 17.4 Å². The minimum atomic E-state index is -0.169. The Morgan fingerprint density at radius 1 is 1.29 bits per heavy atom. The van der Waals surface area contributed by atoms with Gasteiger partial charge in [-0.1, -0.05) is 12.1 Å². The molecule has 2 aromatic rings. The normalized spacial score (nSPS) is 16.8. The maximum Gasteiger partial charge on any atom is 0.276 e. The number of rotatable bonds is 7. The third-order valence-corrected chi connectivity index (χ3v) is 4.92. The molecule has 0 radical (unpaired) electrons. The second-order valence-electron chi connectivity index (χ2n) is 7.60. The largest absolute Gasteiger partial charge is 0.363 e. The van der Waals surface area contributed by atoms with Crippen LogP contribution in [0.3, 0.4) is 0 Å². The van der Waals surface area contributed by atoms with Crippen molar-refractivity contribution in [3.05, 3.63) is 35.1 Å². The molecule has 1 aliphatic rings. The lowest BCUT2D eigenvalue weighted by Crippen LogP contribution is -2.31. The van der Waals surface area contributed by atoms with Gasteiger partial charge in [0.1, 0.15) is 17.4 Å². The van der Waals surface area contributed by atoms with Crippen molar-refractivity contribution >= 4 is 11.7 Å². The Morgan fingerprint density at radius 3 is 2.79 bits per heavy atom. The molecule has 152 valence electrons. The van der Waals surface area contributed by atoms with Crippen molar-refractivity contribution in [2.75, 3.05) is 39.1 Å². The summed E-state index contributed by atoms with van der Waals surface area (Å²) in [6.07, 6.45) is 3.93. The number of aryl methyl sites for hydroxylation is 1. The van der Waals surface area contributed by atoms with Crippen LogP contribution in [0.5, 0.6) is 0 Å². The number of hydrogen-bond acceptors (Lipinski definition) is 7. The van der Waals surface area contributed by atoms with Crippen LogP contribution in [-0.2, 0) is 13.0 Å². The number of nitrogens with zero attached hydrogens (tertiary/aromatic N) is 5. The van der Waals surface area contributed by atoms with Gasteiger partial charge in [-0.25, -0.2) is 9.97 Å². The summed E-state index contributed by atoms with van der Waals surface area (Å²) in [5, 5.41) is 7.34. The molecule has 1 N–H and O–H groups in total. The van der Waals surface area contributed by atoms with Crippen LogP contribution in [0.4, 0.5) is 5.82 Å². The number of carbonyl (C=O) groups excluding carboxylic acids is 1. The molecule has 0 saturated carbocycles. The molecule has 1 fully saturated rings. The lowest BCUT2D eigenvalue weighted by Gasteiger charge is -2.24. The number of nitrogens with one attached hydrogen (secondary N) is 1. The van der Waals surface area contributed by atoms with E-state index in [4.69, 9.17) is 14.5 Å². The number of hydrogen-bond donors (Lipinski definition) is 1. The lowest BCUT2D eigenvalue weighted by atomic mass is 9.99. The Labute approximate surface area is 166 Å². The number of carbonyl (C=O) groups is 1. The lowest BCUT2D eigenvalue weighted by molar-refractivity contribution is 0.0772. The van der Waals surface area contributed by atoms with E-state index in [-0.39, 0.29) is 5.91 Å². The smallest absolute Gasteiger partial charge is 0.276 e. The van der Waals surface area contributed by atoms with Crippen LogP contribution in [0.25, 0.3) is 0 Å². The summed E-state index contributed by atoms with van der Waals surface area (Å²) in [5.74, 6) is 2.58. The van der Waals surface area contributed by atoms with Crippen molar-refractivity contribution in [3.8, 4) is 0 Å². The van der Waals surface area contributed by atoms with Crippen LogP contribution in [0.2, 0.25) is 0 Å². The third-order valence-electron chi connectivity index (χ3n) is 4.92. The molecule has 0 aliphatic carbocycles. The van der Waals surface area contributed by atoms with E-state index in [0.29, 0.717) is 18.2 Å². The van der Waals surface area contributed by atoms with Gasteiger partial charge >= 0.3 is 0 Å². The van der Waals surface area contributed by atoms with Crippen molar-refractivity contribution < 1.29 is 9.32 Å². The molecular formula is C20H30N6O2. The molecule has 2 aromatic heterocycles. The monoisotopic (exact) mass is 386 g/mol. The summed E-state index contributed by atoms with van der Waals surface area (Å²) in [6.45, 7) is 4.40. The zero-order valence-corrected chi connectivity index (χ0v) is 17.2. The van der Waals surface area contributed by atoms with Gasteiger partial charge in [0.15, 0.2) is 5.69 Å². The zero-order chi connectivity index (χ0) is 20.1. The summed E-state index contributed by atoms with van der Waals surface area (Å²) in [4.78, 5) is 25.8. The second-order valence-corrected chi connectivity index (χ2v) is 7.60. The molecule has 0 spiro atoms. The maximum atomic E-state index is 12.7. The molecule has 0 unspecified atom stereocenters. The van der Waals surface area contributed by atoms with Crippen LogP contribution in [-0.4, -0.2) is 60.2 Å². The van der Waals surface area contributed by atoms with Gasteiger partial charge in [-0.15, -0.1) is 0 Å². The van der Waals surface area contributed by atoms with Gasteiger partial charge in [-0.2, -0.15) is 0 Å². The van der Waals surface area contributed by atoms with Crippen LogP contribution in [0.1, 0.15) is 59.9 Å². The van der Waals surface area contributed by atoms with Gasteiger partial charge in [0.05, 0.1) is 12.2 Å². The fourth-order valence-corrected chi connectivity index (χ4v) is 3.36. The average molecular weight is 387 g/mol. The maximum absolute atomic E-state index is 12.7. The van der Waals surface area contributed by atoms with E-state index in [1.54, 1.807) is 18.0 Å². The van der Waals surface area contributed by atoms with E-state index < -0.39 is 0 Å². The third kappa shape index (κ3) is 4.86. The summed E-state index contributed by atoms with van der Waals surface area (Å²) in [6, 6.07) is 3.67. The van der Waals surface area contributed by atoms with E-state index in [1.165, 1.54) is 0 Å². The second kappa shape index (κ2) is 9.14. The van der Waals surface area contributed by atoms with Crippen molar-refractivity contribution in [2.24, 2.45) is 0 Å². The Hall–Kier alpha value is -2.48. The molecule has 0 bridgehead atoms. The van der Waals surface area contributed by atoms with Gasteiger partial charge in [0.2, 0.25) is 0 Å². The van der Waals surface area contributed by atoms with Gasteiger partial charge in [-0.3, -0.25) is 4.79 Å². The highest BCUT2D eigenvalue weighted by Gasteiger charge is 2.22. The minimum Gasteiger partial charge on any atom is -0.363 e. The van der Waals surface area contributed by atoms with E-state index >= 15 is 0 Å². The standard InChI is InChI=1S/C20H30N6O2/c1-5-7-16-11-17(24-28-16)20(27)26(4)13-15-10-18(25(2)3)23-19(22-15)14-8-6-9-21-12-14/h10-11,14,21H,5-9,12-13H2,1-4H3/t14-/m0/s1. The van der Waals surface area contributed by atoms with Crippen molar-refractivity contribution in [3.63, 3.8) is 0 Å². The fraction of sp³-hybridized carbons (Fsp3) is 0.600. The van der Waals surface area contributed by atoms with Gasteiger partial charge in [0.25, 0.3) is 5.91 Å². The fourth-order valence-electron chi connectivity index (χ4n) is 3.36. The Balaban J connectivity index is 1.77. The molecule has 0 aromatic carbocycles. The number of piperidine rings is 1. The molecule has 3 rings (SSSR count). The number of amides is 1. The van der Waals surface area contributed by atoms with Gasteiger partial charge < -0.3 is 19.6 Å². The predicted octanol–water partition coefficient (Wildman–Crippen LogP) is 2.22. The molecule has 1 atom stereocenters. The first-order chi connectivity index (χ1) is 13.5. The average Bonchev–Trinajstić information content (AvgIpc) is 3.16. The molecule has 1 saturated heterocycles. The molecular weight excluding hydrogens is 356 g/mol. The van der Waals surface area contributed by atoms with Crippen molar-refractivity contribution in [1.29, 1.82) is 0 Å². The van der Waals surface area contributed by atoms with Crippen LogP contribution >= 0.6 is 0 Å².